The van der Waals surface area contributed by atoms with E-state index in [9.17, 15) is 5.11 Å². The van der Waals surface area contributed by atoms with E-state index in [2.05, 4.69) is 5.32 Å². The molecule has 0 radical (unpaired) electrons. The van der Waals surface area contributed by atoms with E-state index in [4.69, 9.17) is 5.11 Å². The molecule has 0 saturated carbocycles. The molecule has 0 bridgehead atoms. The second-order valence-corrected chi connectivity index (χ2v) is 3.02. The van der Waals surface area contributed by atoms with Crippen LogP contribution >= 0.6 is 12.4 Å². The molecule has 1 unspecified atom stereocenters. The molecule has 0 aromatic rings. The Morgan fingerprint density at radius 2 is 2.09 bits per heavy atom. The molecule has 1 aliphatic rings. The molecule has 0 aromatic heterocycles. The summed E-state index contributed by atoms with van der Waals surface area (Å²) >= 11 is 0. The summed E-state index contributed by atoms with van der Waals surface area (Å²) in [6, 6.07) is 0. The molecule has 1 fully saturated rings. The van der Waals surface area contributed by atoms with Crippen molar-refractivity contribution in [2.75, 3.05) is 19.7 Å². The summed E-state index contributed by atoms with van der Waals surface area (Å²) in [6.07, 6.45) is 2.82. The van der Waals surface area contributed by atoms with Crippen molar-refractivity contribution in [1.82, 2.24) is 5.32 Å². The van der Waals surface area contributed by atoms with Gasteiger partial charge in [-0.2, -0.15) is 0 Å². The van der Waals surface area contributed by atoms with Crippen molar-refractivity contribution in [2.45, 2.75) is 24.9 Å². The molecule has 0 spiro atoms. The lowest BCUT2D eigenvalue weighted by molar-refractivity contribution is -0.0163. The van der Waals surface area contributed by atoms with Gasteiger partial charge in [-0.05, 0) is 25.8 Å². The van der Waals surface area contributed by atoms with Crippen LogP contribution in [0.15, 0.2) is 0 Å². The van der Waals surface area contributed by atoms with Crippen LogP contribution in [0.4, 0.5) is 0 Å². The lowest BCUT2D eigenvalue weighted by Crippen LogP contribution is -2.42. The van der Waals surface area contributed by atoms with Crippen molar-refractivity contribution in [1.29, 1.82) is 0 Å². The maximum Gasteiger partial charge on any atom is 0.100 e. The predicted octanol–water partition coefficient (Wildman–Crippen LogP) is -0.0949. The number of aliphatic hydroxyl groups excluding tert-OH is 1. The van der Waals surface area contributed by atoms with Gasteiger partial charge in [0.1, 0.15) is 5.60 Å². The SMILES string of the molecule is Cl.OCC1(O)CCCCNC1. The van der Waals surface area contributed by atoms with Gasteiger partial charge in [0.15, 0.2) is 0 Å². The highest BCUT2D eigenvalue weighted by atomic mass is 35.5. The van der Waals surface area contributed by atoms with Gasteiger partial charge in [0.2, 0.25) is 0 Å². The fraction of sp³-hybridized carbons (Fsp3) is 1.00. The Hall–Kier alpha value is 0.170. The second-order valence-electron chi connectivity index (χ2n) is 3.02. The molecule has 1 atom stereocenters. The summed E-state index contributed by atoms with van der Waals surface area (Å²) in [6.45, 7) is 1.37. The van der Waals surface area contributed by atoms with Crippen LogP contribution < -0.4 is 5.32 Å². The number of nitrogens with one attached hydrogen (secondary N) is 1. The summed E-state index contributed by atoms with van der Waals surface area (Å²) in [5.41, 5.74) is -0.851. The van der Waals surface area contributed by atoms with Gasteiger partial charge in [-0.3, -0.25) is 0 Å². The number of rotatable bonds is 1. The predicted molar refractivity (Wildman–Crippen MR) is 46.0 cm³/mol. The first-order valence-electron chi connectivity index (χ1n) is 3.81. The van der Waals surface area contributed by atoms with Gasteiger partial charge < -0.3 is 15.5 Å². The third-order valence-electron chi connectivity index (χ3n) is 1.99. The van der Waals surface area contributed by atoms with Gasteiger partial charge in [0.25, 0.3) is 0 Å². The quantitative estimate of drug-likeness (QED) is 0.530. The third-order valence-corrected chi connectivity index (χ3v) is 1.99. The maximum atomic E-state index is 9.55. The van der Waals surface area contributed by atoms with Crippen LogP contribution in [0, 0.1) is 0 Å². The van der Waals surface area contributed by atoms with Gasteiger partial charge in [0, 0.05) is 6.54 Å². The van der Waals surface area contributed by atoms with Gasteiger partial charge in [-0.15, -0.1) is 12.4 Å². The summed E-state index contributed by atoms with van der Waals surface area (Å²) in [4.78, 5) is 0. The smallest absolute Gasteiger partial charge is 0.100 e. The average molecular weight is 182 g/mol. The average Bonchev–Trinajstić information content (AvgIpc) is 2.15. The Labute approximate surface area is 73.2 Å². The van der Waals surface area contributed by atoms with E-state index in [1.807, 2.05) is 0 Å². The highest BCUT2D eigenvalue weighted by molar-refractivity contribution is 5.85. The molecule has 1 saturated heterocycles. The molecule has 0 aliphatic carbocycles. The largest absolute Gasteiger partial charge is 0.393 e. The Morgan fingerprint density at radius 3 is 2.73 bits per heavy atom. The number of hydrogen-bond acceptors (Lipinski definition) is 3. The summed E-state index contributed by atoms with van der Waals surface area (Å²) in [5.74, 6) is 0. The number of β-amino-alcohol motifs (C(OH)–C–C–N with tert-alkyl or cyclic N) is 1. The molecule has 3 nitrogen and oxygen atoms in total. The summed E-state index contributed by atoms with van der Waals surface area (Å²) in [5, 5.41) is 21.4. The van der Waals surface area contributed by atoms with Crippen molar-refractivity contribution < 1.29 is 10.2 Å². The van der Waals surface area contributed by atoms with Gasteiger partial charge in [-0.1, -0.05) is 0 Å². The molecule has 4 heteroatoms. The first-order chi connectivity index (χ1) is 4.77. The molecule has 11 heavy (non-hydrogen) atoms. The van der Waals surface area contributed by atoms with Crippen LogP contribution in [0.5, 0.6) is 0 Å². The Bertz CT molecular complexity index is 103. The van der Waals surface area contributed by atoms with Crippen LogP contribution in [0.1, 0.15) is 19.3 Å². The molecule has 1 rings (SSSR count). The molecule has 68 valence electrons. The molecule has 0 aromatic carbocycles. The molecule has 0 amide bonds. The third kappa shape index (κ3) is 3.38. The van der Waals surface area contributed by atoms with E-state index < -0.39 is 5.60 Å². The lowest BCUT2D eigenvalue weighted by atomic mass is 9.99. The maximum absolute atomic E-state index is 9.55. The summed E-state index contributed by atoms with van der Waals surface area (Å²) in [7, 11) is 0. The van der Waals surface area contributed by atoms with E-state index in [1.165, 1.54) is 0 Å². The van der Waals surface area contributed by atoms with Crippen LogP contribution in [0.3, 0.4) is 0 Å². The fourth-order valence-electron chi connectivity index (χ4n) is 1.25. The van der Waals surface area contributed by atoms with Crippen LogP contribution in [0.25, 0.3) is 0 Å². The van der Waals surface area contributed by atoms with Crippen molar-refractivity contribution in [2.24, 2.45) is 0 Å². The van der Waals surface area contributed by atoms with Crippen LogP contribution in [-0.4, -0.2) is 35.5 Å². The Morgan fingerprint density at radius 1 is 1.36 bits per heavy atom. The molecular formula is C7H16ClNO2. The van der Waals surface area contributed by atoms with Gasteiger partial charge >= 0.3 is 0 Å². The van der Waals surface area contributed by atoms with Crippen molar-refractivity contribution in [3.8, 4) is 0 Å². The zero-order valence-electron chi connectivity index (χ0n) is 6.55. The molecule has 1 aliphatic heterocycles. The normalized spacial score (nSPS) is 32.2. The van der Waals surface area contributed by atoms with E-state index >= 15 is 0 Å². The number of halogens is 1. The molecular weight excluding hydrogens is 166 g/mol. The number of aliphatic hydroxyl groups is 2. The van der Waals surface area contributed by atoms with Crippen molar-refractivity contribution in [3.63, 3.8) is 0 Å². The van der Waals surface area contributed by atoms with E-state index in [0.717, 1.165) is 25.8 Å². The first kappa shape index (κ1) is 11.2. The van der Waals surface area contributed by atoms with E-state index in [0.29, 0.717) is 6.54 Å². The van der Waals surface area contributed by atoms with E-state index in [-0.39, 0.29) is 19.0 Å². The van der Waals surface area contributed by atoms with Gasteiger partial charge in [0.05, 0.1) is 6.61 Å². The Balaban J connectivity index is 0.000001000. The number of hydrogen-bond donors (Lipinski definition) is 3. The first-order valence-corrected chi connectivity index (χ1v) is 3.81. The molecule has 3 N–H and O–H groups in total. The highest BCUT2D eigenvalue weighted by Gasteiger charge is 2.26. The fourth-order valence-corrected chi connectivity index (χ4v) is 1.25. The van der Waals surface area contributed by atoms with Crippen molar-refractivity contribution in [3.05, 3.63) is 0 Å². The lowest BCUT2D eigenvalue weighted by Gasteiger charge is -2.23. The minimum Gasteiger partial charge on any atom is -0.393 e. The van der Waals surface area contributed by atoms with Gasteiger partial charge in [-0.25, -0.2) is 0 Å². The highest BCUT2D eigenvalue weighted by Crippen LogP contribution is 2.14. The Kier molecular flexibility index (Phi) is 5.01. The zero-order valence-corrected chi connectivity index (χ0v) is 7.36. The van der Waals surface area contributed by atoms with E-state index in [1.54, 1.807) is 0 Å². The summed E-state index contributed by atoms with van der Waals surface area (Å²) < 4.78 is 0. The monoisotopic (exact) mass is 181 g/mol. The minimum atomic E-state index is -0.851. The van der Waals surface area contributed by atoms with Crippen molar-refractivity contribution >= 4 is 12.4 Å². The minimum absolute atomic E-state index is 0. The second kappa shape index (κ2) is 4.93. The topological polar surface area (TPSA) is 52.5 Å². The van der Waals surface area contributed by atoms with Crippen LogP contribution in [-0.2, 0) is 0 Å². The zero-order chi connectivity index (χ0) is 7.45. The standard InChI is InChI=1S/C7H15NO2.ClH/c9-6-7(10)3-1-2-4-8-5-7;/h8-10H,1-6H2;1H. The molecule has 1 heterocycles. The van der Waals surface area contributed by atoms with Crippen LogP contribution in [0.2, 0.25) is 0 Å².